The first kappa shape index (κ1) is 14.8. The third-order valence-corrected chi connectivity index (χ3v) is 3.02. The van der Waals surface area contributed by atoms with Crippen molar-refractivity contribution in [1.82, 2.24) is 4.98 Å². The molecule has 0 saturated heterocycles. The molecule has 0 saturated carbocycles. The average molecular weight is 285 g/mol. The van der Waals surface area contributed by atoms with Gasteiger partial charge in [0.2, 0.25) is 5.88 Å². The van der Waals surface area contributed by atoms with Crippen molar-refractivity contribution < 1.29 is 9.94 Å². The van der Waals surface area contributed by atoms with Gasteiger partial charge in [0.15, 0.2) is 5.84 Å². The maximum absolute atomic E-state index is 8.68. The van der Waals surface area contributed by atoms with Crippen molar-refractivity contribution in [1.29, 1.82) is 0 Å². The highest BCUT2D eigenvalue weighted by Gasteiger charge is 2.14. The van der Waals surface area contributed by atoms with Crippen molar-refractivity contribution in [3.63, 3.8) is 0 Å². The molecule has 1 heterocycles. The van der Waals surface area contributed by atoms with Crippen LogP contribution in [0.2, 0.25) is 0 Å². The van der Waals surface area contributed by atoms with E-state index < -0.39 is 0 Å². The highest BCUT2D eigenvalue weighted by molar-refractivity contribution is 5.95. The average Bonchev–Trinajstić information content (AvgIpc) is 2.46. The summed E-state index contributed by atoms with van der Waals surface area (Å²) >= 11 is 0. The van der Waals surface area contributed by atoms with Gasteiger partial charge >= 0.3 is 0 Å². The Labute approximate surface area is 124 Å². The Morgan fingerprint density at radius 3 is 2.57 bits per heavy atom. The van der Waals surface area contributed by atoms with Gasteiger partial charge in [-0.15, -0.1) is 0 Å². The third-order valence-electron chi connectivity index (χ3n) is 3.02. The fraction of sp³-hybridized carbons (Fsp3) is 0.250. The number of nitrogens with two attached hydrogens (primary N) is 1. The van der Waals surface area contributed by atoms with Gasteiger partial charge < -0.3 is 15.7 Å². The molecule has 2 rings (SSSR count). The molecule has 1 aromatic heterocycles. The van der Waals surface area contributed by atoms with E-state index in [1.807, 2.05) is 18.2 Å². The summed E-state index contributed by atoms with van der Waals surface area (Å²) in [4.78, 5) is 4.19. The molecule has 0 spiro atoms. The molecule has 0 unspecified atom stereocenters. The zero-order chi connectivity index (χ0) is 15.5. The summed E-state index contributed by atoms with van der Waals surface area (Å²) in [6.07, 6.45) is 0. The second kappa shape index (κ2) is 5.83. The molecule has 0 atom stereocenters. The summed E-state index contributed by atoms with van der Waals surface area (Å²) < 4.78 is 5.75. The lowest BCUT2D eigenvalue weighted by molar-refractivity contribution is 0.318. The second-order valence-corrected chi connectivity index (χ2v) is 5.73. The predicted octanol–water partition coefficient (Wildman–Crippen LogP) is 3.27. The van der Waals surface area contributed by atoms with E-state index in [0.717, 1.165) is 0 Å². The van der Waals surface area contributed by atoms with Crippen molar-refractivity contribution in [2.24, 2.45) is 10.9 Å². The zero-order valence-corrected chi connectivity index (χ0v) is 12.4. The first-order valence-electron chi connectivity index (χ1n) is 6.63. The summed E-state index contributed by atoms with van der Waals surface area (Å²) in [5.41, 5.74) is 7.10. The van der Waals surface area contributed by atoms with Gasteiger partial charge in [0.25, 0.3) is 0 Å². The van der Waals surface area contributed by atoms with Crippen LogP contribution >= 0.6 is 0 Å². The Bertz CT molecular complexity index is 661. The number of hydrogen-bond acceptors (Lipinski definition) is 4. The minimum Gasteiger partial charge on any atom is -0.439 e. The Morgan fingerprint density at radius 2 is 1.90 bits per heavy atom. The van der Waals surface area contributed by atoms with Crippen LogP contribution in [-0.4, -0.2) is 16.0 Å². The van der Waals surface area contributed by atoms with Crippen LogP contribution in [0.3, 0.4) is 0 Å². The zero-order valence-electron chi connectivity index (χ0n) is 12.4. The van der Waals surface area contributed by atoms with Crippen LogP contribution in [0.4, 0.5) is 0 Å². The smallest absolute Gasteiger partial charge is 0.219 e. The molecule has 0 radical (unpaired) electrons. The van der Waals surface area contributed by atoms with Crippen LogP contribution in [-0.2, 0) is 5.41 Å². The monoisotopic (exact) mass is 285 g/mol. The van der Waals surface area contributed by atoms with Gasteiger partial charge in [-0.2, -0.15) is 0 Å². The molecular formula is C16H19N3O2. The second-order valence-electron chi connectivity index (χ2n) is 5.73. The minimum absolute atomic E-state index is 0.0443. The van der Waals surface area contributed by atoms with Crippen molar-refractivity contribution in [3.05, 3.63) is 53.7 Å². The molecule has 0 fully saturated rings. The number of rotatable bonds is 3. The normalized spacial score (nSPS) is 12.2. The number of ether oxygens (including phenoxy) is 1. The summed E-state index contributed by atoms with van der Waals surface area (Å²) in [6.45, 7) is 6.43. The predicted molar refractivity (Wildman–Crippen MR) is 82.0 cm³/mol. The number of benzene rings is 1. The van der Waals surface area contributed by atoms with Gasteiger partial charge in [-0.25, -0.2) is 4.98 Å². The largest absolute Gasteiger partial charge is 0.439 e. The van der Waals surface area contributed by atoms with E-state index in [4.69, 9.17) is 15.7 Å². The first-order chi connectivity index (χ1) is 9.90. The van der Waals surface area contributed by atoms with Crippen LogP contribution in [0.15, 0.2) is 47.6 Å². The van der Waals surface area contributed by atoms with E-state index in [1.165, 1.54) is 5.56 Å². The highest BCUT2D eigenvalue weighted by atomic mass is 16.5. The molecule has 1 aromatic carbocycles. The lowest BCUT2D eigenvalue weighted by Gasteiger charge is -2.19. The molecule has 110 valence electrons. The van der Waals surface area contributed by atoms with Gasteiger partial charge in [-0.3, -0.25) is 0 Å². The van der Waals surface area contributed by atoms with Gasteiger partial charge in [-0.05, 0) is 29.2 Å². The Hall–Kier alpha value is -2.56. The number of amidine groups is 1. The SMILES string of the molecule is CC(C)(C)c1cccc(Oc2cccc(C(N)=NO)n2)c1. The number of aromatic nitrogens is 1. The van der Waals surface area contributed by atoms with E-state index in [0.29, 0.717) is 17.3 Å². The lowest BCUT2D eigenvalue weighted by Crippen LogP contribution is -2.15. The topological polar surface area (TPSA) is 80.7 Å². The van der Waals surface area contributed by atoms with Gasteiger partial charge in [0, 0.05) is 6.07 Å². The molecule has 3 N–H and O–H groups in total. The molecule has 0 amide bonds. The highest BCUT2D eigenvalue weighted by Crippen LogP contribution is 2.27. The molecule has 0 aliphatic heterocycles. The van der Waals surface area contributed by atoms with Crippen molar-refractivity contribution in [3.8, 4) is 11.6 Å². The fourth-order valence-electron chi connectivity index (χ4n) is 1.81. The van der Waals surface area contributed by atoms with E-state index in [1.54, 1.807) is 18.2 Å². The number of pyridine rings is 1. The van der Waals surface area contributed by atoms with E-state index in [2.05, 4.69) is 37.0 Å². The van der Waals surface area contributed by atoms with Crippen LogP contribution in [0.1, 0.15) is 32.0 Å². The van der Waals surface area contributed by atoms with Crippen molar-refractivity contribution >= 4 is 5.84 Å². The summed E-state index contributed by atoms with van der Waals surface area (Å²) in [5, 5.41) is 11.6. The Kier molecular flexibility index (Phi) is 4.12. The molecule has 5 heteroatoms. The van der Waals surface area contributed by atoms with Gasteiger partial charge in [0.05, 0.1) is 0 Å². The molecular weight excluding hydrogens is 266 g/mol. The maximum atomic E-state index is 8.68. The van der Waals surface area contributed by atoms with Crippen LogP contribution < -0.4 is 10.5 Å². The summed E-state index contributed by atoms with van der Waals surface area (Å²) in [6, 6.07) is 13.0. The van der Waals surface area contributed by atoms with Crippen LogP contribution in [0.25, 0.3) is 0 Å². The van der Waals surface area contributed by atoms with Crippen LogP contribution in [0.5, 0.6) is 11.6 Å². The summed E-state index contributed by atoms with van der Waals surface area (Å²) in [5.74, 6) is 1.04. The van der Waals surface area contributed by atoms with Gasteiger partial charge in [0.1, 0.15) is 11.4 Å². The first-order valence-corrected chi connectivity index (χ1v) is 6.63. The summed E-state index contributed by atoms with van der Waals surface area (Å²) in [7, 11) is 0. The molecule has 2 aromatic rings. The maximum Gasteiger partial charge on any atom is 0.219 e. The standard InChI is InChI=1S/C16H19N3O2/c1-16(2,3)11-6-4-7-12(10-11)21-14-9-5-8-13(18-14)15(17)19-20/h4-10,20H,1-3H3,(H2,17,19). The van der Waals surface area contributed by atoms with E-state index in [-0.39, 0.29) is 11.3 Å². The number of hydrogen-bond donors (Lipinski definition) is 2. The number of nitrogens with zero attached hydrogens (tertiary/aromatic N) is 2. The third kappa shape index (κ3) is 3.72. The van der Waals surface area contributed by atoms with E-state index in [9.17, 15) is 0 Å². The van der Waals surface area contributed by atoms with E-state index >= 15 is 0 Å². The quantitative estimate of drug-likeness (QED) is 0.392. The molecule has 0 aliphatic rings. The van der Waals surface area contributed by atoms with Crippen LogP contribution in [0, 0.1) is 0 Å². The lowest BCUT2D eigenvalue weighted by atomic mass is 9.87. The molecule has 0 bridgehead atoms. The Morgan fingerprint density at radius 1 is 1.19 bits per heavy atom. The number of oxime groups is 1. The Balaban J connectivity index is 2.27. The van der Waals surface area contributed by atoms with Crippen molar-refractivity contribution in [2.45, 2.75) is 26.2 Å². The van der Waals surface area contributed by atoms with Gasteiger partial charge in [-0.1, -0.05) is 44.1 Å². The molecule has 21 heavy (non-hydrogen) atoms. The fourth-order valence-corrected chi connectivity index (χ4v) is 1.81. The minimum atomic E-state index is -0.0520. The molecule has 0 aliphatic carbocycles. The molecule has 5 nitrogen and oxygen atoms in total. The van der Waals surface area contributed by atoms with Crippen molar-refractivity contribution in [2.75, 3.05) is 0 Å².